The molecule has 3 heteroatoms. The topological polar surface area (TPSA) is 9.23 Å². The van der Waals surface area contributed by atoms with Crippen molar-refractivity contribution in [3.8, 4) is 0 Å². The van der Waals surface area contributed by atoms with Crippen molar-refractivity contribution in [1.29, 1.82) is 0 Å². The van der Waals surface area contributed by atoms with E-state index in [2.05, 4.69) is 67.7 Å². The first-order valence-electron chi connectivity index (χ1n) is 8.35. The van der Waals surface area contributed by atoms with Crippen molar-refractivity contribution in [3.63, 3.8) is 0 Å². The lowest BCUT2D eigenvalue weighted by molar-refractivity contribution is 0.278. The van der Waals surface area contributed by atoms with Gasteiger partial charge in [0.1, 0.15) is 0 Å². The molecule has 0 heterocycles. The molecule has 0 aromatic rings. The number of hydrogen-bond donors (Lipinski definition) is 0. The SMILES string of the molecule is CC(C)(C)[Si](C)(C)CCCCCO[Si](C)(C)C(C)(C)C. The Morgan fingerprint density at radius 1 is 0.700 bits per heavy atom. The number of unbranched alkanes of at least 4 members (excludes halogenated alkanes) is 2. The minimum absolute atomic E-state index is 0.341. The van der Waals surface area contributed by atoms with Gasteiger partial charge in [0, 0.05) is 6.61 Å². The van der Waals surface area contributed by atoms with Gasteiger partial charge < -0.3 is 4.43 Å². The predicted octanol–water partition coefficient (Wildman–Crippen LogP) is 6.69. The van der Waals surface area contributed by atoms with Crippen LogP contribution in [0.4, 0.5) is 0 Å². The van der Waals surface area contributed by atoms with Gasteiger partial charge in [-0.3, -0.25) is 0 Å². The molecule has 0 rings (SSSR count). The normalized spacial score (nSPS) is 14.7. The molecule has 0 aliphatic carbocycles. The highest BCUT2D eigenvalue weighted by atomic mass is 28.4. The molecule has 0 aromatic heterocycles. The van der Waals surface area contributed by atoms with E-state index in [0.29, 0.717) is 10.1 Å². The van der Waals surface area contributed by atoms with Crippen LogP contribution in [-0.4, -0.2) is 23.0 Å². The summed E-state index contributed by atoms with van der Waals surface area (Å²) in [5.74, 6) is 0. The fourth-order valence-corrected chi connectivity index (χ4v) is 4.74. The van der Waals surface area contributed by atoms with Crippen LogP contribution in [0.25, 0.3) is 0 Å². The Balaban J connectivity index is 3.91. The minimum atomic E-state index is -1.52. The van der Waals surface area contributed by atoms with Gasteiger partial charge in [-0.25, -0.2) is 0 Å². The van der Waals surface area contributed by atoms with E-state index in [1.165, 1.54) is 25.3 Å². The molecule has 0 aliphatic heterocycles. The number of hydrogen-bond acceptors (Lipinski definition) is 1. The average Bonchev–Trinajstić information content (AvgIpc) is 2.19. The molecule has 0 fully saturated rings. The molecular formula is C17H40OSi2. The van der Waals surface area contributed by atoms with Crippen LogP contribution in [0.2, 0.25) is 42.3 Å². The molecule has 0 saturated heterocycles. The van der Waals surface area contributed by atoms with Gasteiger partial charge in [-0.15, -0.1) is 0 Å². The van der Waals surface area contributed by atoms with E-state index in [0.717, 1.165) is 6.61 Å². The van der Waals surface area contributed by atoms with E-state index in [4.69, 9.17) is 4.43 Å². The van der Waals surface area contributed by atoms with Crippen molar-refractivity contribution >= 4 is 16.4 Å². The molecule has 122 valence electrons. The van der Waals surface area contributed by atoms with Crippen molar-refractivity contribution in [2.75, 3.05) is 6.61 Å². The maximum absolute atomic E-state index is 6.24. The highest BCUT2D eigenvalue weighted by Gasteiger charge is 2.37. The highest BCUT2D eigenvalue weighted by molar-refractivity contribution is 6.80. The van der Waals surface area contributed by atoms with Crippen LogP contribution in [0.15, 0.2) is 0 Å². The Hall–Kier alpha value is 0.394. The molecule has 0 aliphatic rings. The Bertz CT molecular complexity index is 252. The van der Waals surface area contributed by atoms with Crippen LogP contribution in [0, 0.1) is 0 Å². The number of rotatable bonds is 7. The smallest absolute Gasteiger partial charge is 0.191 e. The third kappa shape index (κ3) is 6.44. The fraction of sp³-hybridized carbons (Fsp3) is 1.00. The van der Waals surface area contributed by atoms with Gasteiger partial charge in [-0.2, -0.15) is 0 Å². The van der Waals surface area contributed by atoms with E-state index in [1.54, 1.807) is 0 Å². The molecule has 0 amide bonds. The second-order valence-corrected chi connectivity index (χ2v) is 20.1. The zero-order valence-corrected chi connectivity index (χ0v) is 17.9. The second-order valence-electron chi connectivity index (χ2n) is 9.55. The van der Waals surface area contributed by atoms with Crippen LogP contribution >= 0.6 is 0 Å². The van der Waals surface area contributed by atoms with Gasteiger partial charge in [0.15, 0.2) is 8.32 Å². The average molecular weight is 317 g/mol. The Morgan fingerprint density at radius 2 is 1.20 bits per heavy atom. The summed E-state index contributed by atoms with van der Waals surface area (Å²) in [6, 6.07) is 1.45. The third-order valence-electron chi connectivity index (χ3n) is 5.75. The summed E-state index contributed by atoms with van der Waals surface area (Å²) in [6.07, 6.45) is 3.96. The first-order valence-corrected chi connectivity index (χ1v) is 14.5. The lowest BCUT2D eigenvalue weighted by Crippen LogP contribution is -2.41. The summed E-state index contributed by atoms with van der Waals surface area (Å²) in [5.41, 5.74) is 0. The van der Waals surface area contributed by atoms with Crippen molar-refractivity contribution in [3.05, 3.63) is 0 Å². The second kappa shape index (κ2) is 7.10. The standard InChI is InChI=1S/C17H40OSi2/c1-16(2,3)19(7,8)15-13-11-12-14-18-20(9,10)17(4,5)6/h11-15H2,1-10H3. The molecule has 0 N–H and O–H groups in total. The maximum atomic E-state index is 6.24. The van der Waals surface area contributed by atoms with E-state index >= 15 is 0 Å². The highest BCUT2D eigenvalue weighted by Crippen LogP contribution is 2.40. The summed E-state index contributed by atoms with van der Waals surface area (Å²) < 4.78 is 6.24. The first-order chi connectivity index (χ1) is 8.71. The van der Waals surface area contributed by atoms with Crippen molar-refractivity contribution < 1.29 is 4.43 Å². The maximum Gasteiger partial charge on any atom is 0.191 e. The summed E-state index contributed by atoms with van der Waals surface area (Å²) >= 11 is 0. The summed E-state index contributed by atoms with van der Waals surface area (Å²) in [7, 11) is -2.59. The van der Waals surface area contributed by atoms with E-state index in [9.17, 15) is 0 Å². The quantitative estimate of drug-likeness (QED) is 0.375. The summed E-state index contributed by atoms with van der Waals surface area (Å²) in [5, 5.41) is 0.874. The lowest BCUT2D eigenvalue weighted by atomic mass is 10.2. The minimum Gasteiger partial charge on any atom is -0.417 e. The zero-order valence-electron chi connectivity index (χ0n) is 15.9. The molecule has 0 aromatic carbocycles. The monoisotopic (exact) mass is 316 g/mol. The van der Waals surface area contributed by atoms with Gasteiger partial charge in [-0.1, -0.05) is 73.5 Å². The Kier molecular flexibility index (Phi) is 7.24. The van der Waals surface area contributed by atoms with Crippen molar-refractivity contribution in [1.82, 2.24) is 0 Å². The van der Waals surface area contributed by atoms with Crippen LogP contribution in [-0.2, 0) is 4.43 Å². The van der Waals surface area contributed by atoms with Gasteiger partial charge in [0.25, 0.3) is 0 Å². The largest absolute Gasteiger partial charge is 0.417 e. The molecular weight excluding hydrogens is 276 g/mol. The Morgan fingerprint density at radius 3 is 1.60 bits per heavy atom. The summed E-state index contributed by atoms with van der Waals surface area (Å²) in [4.78, 5) is 0. The van der Waals surface area contributed by atoms with E-state index in [1.807, 2.05) is 0 Å². The molecule has 0 radical (unpaired) electrons. The van der Waals surface area contributed by atoms with Crippen LogP contribution in [0.3, 0.4) is 0 Å². The predicted molar refractivity (Wildman–Crippen MR) is 99.0 cm³/mol. The van der Waals surface area contributed by atoms with Crippen LogP contribution in [0.5, 0.6) is 0 Å². The van der Waals surface area contributed by atoms with E-state index < -0.39 is 16.4 Å². The van der Waals surface area contributed by atoms with Gasteiger partial charge in [0.05, 0.1) is 8.07 Å². The first kappa shape index (κ1) is 20.4. The van der Waals surface area contributed by atoms with Gasteiger partial charge in [0.2, 0.25) is 0 Å². The van der Waals surface area contributed by atoms with Crippen molar-refractivity contribution in [2.24, 2.45) is 0 Å². The zero-order chi connectivity index (χ0) is 16.2. The van der Waals surface area contributed by atoms with Crippen LogP contribution < -0.4 is 0 Å². The molecule has 20 heavy (non-hydrogen) atoms. The summed E-state index contributed by atoms with van der Waals surface area (Å²) in [6.45, 7) is 24.9. The molecule has 0 atom stereocenters. The molecule has 0 saturated carbocycles. The molecule has 0 spiro atoms. The Labute approximate surface area is 131 Å². The van der Waals surface area contributed by atoms with Crippen LogP contribution in [0.1, 0.15) is 60.8 Å². The third-order valence-corrected chi connectivity index (χ3v) is 15.9. The molecule has 0 bridgehead atoms. The lowest BCUT2D eigenvalue weighted by Gasteiger charge is -2.37. The molecule has 1 nitrogen and oxygen atoms in total. The molecule has 0 unspecified atom stereocenters. The van der Waals surface area contributed by atoms with Gasteiger partial charge >= 0.3 is 0 Å². The van der Waals surface area contributed by atoms with Gasteiger partial charge in [-0.05, 0) is 29.6 Å². The van der Waals surface area contributed by atoms with E-state index in [-0.39, 0.29) is 0 Å². The van der Waals surface area contributed by atoms with Crippen molar-refractivity contribution in [2.45, 2.75) is 103 Å². The fourth-order valence-electron chi connectivity index (χ4n) is 1.76.